The molecule has 5 aliphatic rings. The van der Waals surface area contributed by atoms with Gasteiger partial charge in [0.25, 0.3) is 0 Å². The summed E-state index contributed by atoms with van der Waals surface area (Å²) in [5.74, 6) is -2.03. The largest absolute Gasteiger partial charge is 0.216 e. The van der Waals surface area contributed by atoms with Gasteiger partial charge in [-0.1, -0.05) is 123 Å². The minimum Gasteiger partial charge on any atom is -0.201 e. The first kappa shape index (κ1) is 64.6. The van der Waals surface area contributed by atoms with E-state index in [0.29, 0.717) is 12.1 Å². The zero-order chi connectivity index (χ0) is 82.3. The molecule has 5 aliphatic carbocycles. The first-order valence-corrected chi connectivity index (χ1v) is 38.8. The van der Waals surface area contributed by atoms with E-state index in [1.165, 1.54) is 191 Å². The maximum Gasteiger partial charge on any atom is 0.216 e. The second-order valence-electron chi connectivity index (χ2n) is 30.1. The van der Waals surface area contributed by atoms with E-state index >= 15 is 0 Å². The molecule has 0 amide bonds. The van der Waals surface area contributed by atoms with E-state index in [2.05, 4.69) is 256 Å². The number of aromatic nitrogens is 6. The molecule has 6 heteroatoms. The summed E-state index contributed by atoms with van der Waals surface area (Å²) in [5.41, 5.74) is 36.7. The second-order valence-corrected chi connectivity index (χ2v) is 30.1. The van der Waals surface area contributed by atoms with Crippen LogP contribution < -0.4 is 27.4 Å². The monoisotopic (exact) mass is 1410 g/mol. The van der Waals surface area contributed by atoms with Crippen molar-refractivity contribution in [3.05, 3.63) is 319 Å². The minimum atomic E-state index is -2.65. The Morgan fingerprint density at radius 2 is 0.642 bits per heavy atom. The highest BCUT2D eigenvalue weighted by Gasteiger charge is 2.28. The van der Waals surface area contributed by atoms with E-state index in [-0.39, 0.29) is 11.3 Å². The summed E-state index contributed by atoms with van der Waals surface area (Å²) >= 11 is 0. The van der Waals surface area contributed by atoms with Crippen LogP contribution in [0.5, 0.6) is 0 Å². The van der Waals surface area contributed by atoms with Crippen LogP contribution in [0.25, 0.3) is 67.5 Å². The van der Waals surface area contributed by atoms with E-state index in [1.807, 2.05) is 50.4 Å². The summed E-state index contributed by atoms with van der Waals surface area (Å²) in [6.07, 6.45) is 30.4. The molecule has 0 fully saturated rings. The summed E-state index contributed by atoms with van der Waals surface area (Å²) in [7, 11) is 12.3. The lowest BCUT2D eigenvalue weighted by Gasteiger charge is -2.17. The third-order valence-corrected chi connectivity index (χ3v) is 22.5. The number of fused-ring (bicyclic) bond motifs is 5. The molecule has 0 radical (unpaired) electrons. The Hall–Kier alpha value is -9.78. The highest BCUT2D eigenvalue weighted by molar-refractivity contribution is 5.68. The molecular weight excluding hydrogens is 1290 g/mol. The number of pyridine rings is 6. The van der Waals surface area contributed by atoms with Gasteiger partial charge in [0.2, 0.25) is 34.2 Å². The number of rotatable bonds is 7. The Balaban J connectivity index is 0.000000128. The molecule has 0 saturated heterocycles. The molecule has 6 nitrogen and oxygen atoms in total. The second kappa shape index (κ2) is 35.1. The lowest BCUT2D eigenvalue weighted by atomic mass is 9.88. The van der Waals surface area contributed by atoms with E-state index in [0.717, 1.165) is 40.8 Å². The normalized spacial score (nSPS) is 16.1. The molecular formula is C100H118N6+6. The van der Waals surface area contributed by atoms with Crippen molar-refractivity contribution >= 4 is 0 Å². The van der Waals surface area contributed by atoms with Gasteiger partial charge in [-0.2, -0.15) is 4.57 Å². The Morgan fingerprint density at radius 1 is 0.321 bits per heavy atom. The highest BCUT2D eigenvalue weighted by Crippen LogP contribution is 2.35. The Labute approximate surface area is 649 Å². The van der Waals surface area contributed by atoms with Gasteiger partial charge in [-0.3, -0.25) is 0 Å². The molecule has 0 spiro atoms. The maximum atomic E-state index is 8.33. The molecule has 1 unspecified atom stereocenters. The lowest BCUT2D eigenvalue weighted by molar-refractivity contribution is -0.667. The van der Waals surface area contributed by atoms with Crippen LogP contribution in [0.2, 0.25) is 0 Å². The predicted octanol–water partition coefficient (Wildman–Crippen LogP) is 20.0. The van der Waals surface area contributed by atoms with E-state index < -0.39 is 26.0 Å². The SMILES string of the molecule is Cc1ccccc1-c1c2c(cc[n+]1C)CCC2.Cc1ccccc1-c1c2c(cc[n+]1C)CCCC2.Cc1ccccc1-c1cc2c(c[n+]1C)CCC2.Cc1ccccc1-c1cc2c(c[n+]1C)CCCC2.[2H]C([2H])([2H])c1c(C([2H])(C)C([2H])([2H])[2H])ccc(-c2ccccc2C)[n+]1C.[2H]C1([2H])CCCc2c[n+](C)c(-c3ccccc3C)cc21. The van der Waals surface area contributed by atoms with Gasteiger partial charge in [-0.15, -0.1) is 0 Å². The summed E-state index contributed by atoms with van der Waals surface area (Å²) < 4.78 is 84.2. The van der Waals surface area contributed by atoms with Crippen molar-refractivity contribution in [3.8, 4) is 67.5 Å². The van der Waals surface area contributed by atoms with Crippen molar-refractivity contribution in [3.63, 3.8) is 0 Å². The van der Waals surface area contributed by atoms with Crippen LogP contribution in [0.1, 0.15) is 184 Å². The topological polar surface area (TPSA) is 23.3 Å². The number of aryl methyl sites for hydroxylation is 19. The zero-order valence-corrected chi connectivity index (χ0v) is 65.5. The maximum absolute atomic E-state index is 8.33. The Bertz CT molecular complexity index is 5510. The van der Waals surface area contributed by atoms with E-state index in [4.69, 9.17) is 12.3 Å². The van der Waals surface area contributed by atoms with Crippen LogP contribution in [-0.2, 0) is 106 Å². The van der Waals surface area contributed by atoms with Gasteiger partial charge in [0, 0.05) is 122 Å². The molecule has 6 aromatic carbocycles. The first-order valence-electron chi connectivity index (χ1n) is 43.3. The molecule has 0 N–H and O–H groups in total. The van der Waals surface area contributed by atoms with Gasteiger partial charge in [0.05, 0.1) is 0 Å². The van der Waals surface area contributed by atoms with E-state index in [9.17, 15) is 0 Å². The third kappa shape index (κ3) is 17.5. The minimum absolute atomic E-state index is 0.00710. The van der Waals surface area contributed by atoms with Crippen molar-refractivity contribution in [1.82, 2.24) is 0 Å². The van der Waals surface area contributed by atoms with Crippen LogP contribution in [0.4, 0.5) is 0 Å². The molecule has 1 atom stereocenters. The van der Waals surface area contributed by atoms with E-state index in [1.54, 1.807) is 52.1 Å². The standard InChI is InChI=1S/3C17H20N.C17H22N.2C16H18N/c2*1-13-7-3-6-10-16(13)17-11-14-8-4-5-9-15(14)12-18(17)2;1-13-7-3-5-9-15(13)17-16-10-6-4-8-14(16)11-12-18(17)2;1-12(2)15-10-11-17(18(5)14(15)4)16-9-7-6-8-13(16)3;1-12-6-3-4-9-15(12)16-10-13-7-5-8-14(13)11-17(16)2;1-12-6-3-4-8-14(12)16-15-9-5-7-13(15)10-11-17(16)2/h2*3,6-7,10-12H,4-5,8-9H2,1-2H3;3,5,7,9,11-12H,4,6,8,10H2,1-2H3;6-12H,1-5H3;3-4,6,9-11H,5,7-8H2,1-2H3;3-4,6,8,10-11H,5,7,9H2,1-2H3/q6*+1/i8D2;;;1D3,4D3,12D;;. The lowest BCUT2D eigenvalue weighted by Crippen LogP contribution is -2.36. The van der Waals surface area contributed by atoms with Gasteiger partial charge < -0.3 is 0 Å². The number of hydrogen-bond acceptors (Lipinski definition) is 0. The van der Waals surface area contributed by atoms with Gasteiger partial charge >= 0.3 is 0 Å². The Kier molecular flexibility index (Phi) is 21.4. The van der Waals surface area contributed by atoms with Crippen molar-refractivity contribution in [2.45, 2.75) is 184 Å². The van der Waals surface area contributed by atoms with Crippen molar-refractivity contribution in [2.24, 2.45) is 42.3 Å². The van der Waals surface area contributed by atoms with Gasteiger partial charge in [-0.05, 0) is 267 Å². The fourth-order valence-electron chi connectivity index (χ4n) is 16.5. The smallest absolute Gasteiger partial charge is 0.201 e. The quantitative estimate of drug-likeness (QED) is 0.142. The molecule has 542 valence electrons. The van der Waals surface area contributed by atoms with Crippen LogP contribution in [0.15, 0.2) is 219 Å². The molecule has 0 bridgehead atoms. The van der Waals surface area contributed by atoms with Gasteiger partial charge in [0.1, 0.15) is 42.3 Å². The summed E-state index contributed by atoms with van der Waals surface area (Å²) in [4.78, 5) is 0. The molecule has 106 heavy (non-hydrogen) atoms. The predicted molar refractivity (Wildman–Crippen MR) is 440 cm³/mol. The van der Waals surface area contributed by atoms with Crippen molar-refractivity contribution in [1.29, 1.82) is 0 Å². The highest BCUT2D eigenvalue weighted by atomic mass is 15.0. The van der Waals surface area contributed by atoms with Gasteiger partial charge in [0.15, 0.2) is 36.7 Å². The van der Waals surface area contributed by atoms with Crippen molar-refractivity contribution in [2.75, 3.05) is 0 Å². The number of nitrogens with zero attached hydrogens (tertiary/aromatic N) is 6. The van der Waals surface area contributed by atoms with Crippen LogP contribution in [0, 0.1) is 48.4 Å². The zero-order valence-electron chi connectivity index (χ0n) is 74.5. The molecule has 17 rings (SSSR count). The fourth-order valence-corrected chi connectivity index (χ4v) is 16.5. The summed E-state index contributed by atoms with van der Waals surface area (Å²) in [6, 6.07) is 65.1. The molecule has 6 heterocycles. The van der Waals surface area contributed by atoms with Crippen LogP contribution in [0.3, 0.4) is 0 Å². The molecule has 12 aromatic rings. The first-order chi connectivity index (χ1) is 54.8. The molecule has 0 saturated carbocycles. The molecule has 0 aliphatic heterocycles. The summed E-state index contributed by atoms with van der Waals surface area (Å²) in [5, 5.41) is 0. The average molecular weight is 1410 g/mol. The Morgan fingerprint density at radius 3 is 1.07 bits per heavy atom. The number of benzene rings is 6. The number of hydrogen-bond donors (Lipinski definition) is 0. The fraction of sp³-hybridized carbons (Fsp3) is 0.340. The van der Waals surface area contributed by atoms with Crippen LogP contribution in [-0.4, -0.2) is 0 Å². The molecule has 6 aromatic heterocycles. The van der Waals surface area contributed by atoms with Crippen molar-refractivity contribution < 1.29 is 39.7 Å². The summed E-state index contributed by atoms with van der Waals surface area (Å²) in [6.45, 7) is 8.84. The van der Waals surface area contributed by atoms with Crippen LogP contribution >= 0.6 is 0 Å². The third-order valence-electron chi connectivity index (χ3n) is 22.5. The average Bonchev–Trinajstić information content (AvgIpc) is 0.752. The van der Waals surface area contributed by atoms with Gasteiger partial charge in [-0.25, -0.2) is 22.8 Å².